The van der Waals surface area contributed by atoms with E-state index in [2.05, 4.69) is 24.9 Å². The summed E-state index contributed by atoms with van der Waals surface area (Å²) in [6.45, 7) is 10.1. The Bertz CT molecular complexity index is 887. The zero-order valence-corrected chi connectivity index (χ0v) is 15.4. The highest BCUT2D eigenvalue weighted by molar-refractivity contribution is 7.15. The number of ether oxygens (including phenoxy) is 1. The molecule has 128 valence electrons. The molecule has 0 aromatic carbocycles. The largest absolute Gasteiger partial charge is 0.459 e. The van der Waals surface area contributed by atoms with E-state index in [1.54, 1.807) is 4.40 Å². The second kappa shape index (κ2) is 5.84. The molecule has 1 aliphatic carbocycles. The maximum absolute atomic E-state index is 12.4. The van der Waals surface area contributed by atoms with Gasteiger partial charge in [-0.3, -0.25) is 14.0 Å². The minimum atomic E-state index is -0.216. The van der Waals surface area contributed by atoms with Crippen LogP contribution in [0.5, 0.6) is 0 Å². The Morgan fingerprint density at radius 3 is 2.83 bits per heavy atom. The predicted octanol–water partition coefficient (Wildman–Crippen LogP) is 3.35. The van der Waals surface area contributed by atoms with Crippen LogP contribution in [0.1, 0.15) is 39.1 Å². The minimum Gasteiger partial charge on any atom is -0.459 e. The molecular weight excluding hydrogens is 324 g/mol. The number of aromatic nitrogens is 2. The van der Waals surface area contributed by atoms with Crippen molar-refractivity contribution in [2.75, 3.05) is 0 Å². The lowest BCUT2D eigenvalue weighted by Gasteiger charge is -2.05. The van der Waals surface area contributed by atoms with E-state index in [0.717, 1.165) is 5.69 Å². The molecule has 1 aliphatic rings. The molecule has 0 bridgehead atoms. The summed E-state index contributed by atoms with van der Waals surface area (Å²) in [5.74, 6) is -0.121. The Morgan fingerprint density at radius 2 is 2.17 bits per heavy atom. The average molecular weight is 346 g/mol. The van der Waals surface area contributed by atoms with Crippen molar-refractivity contribution >= 4 is 22.3 Å². The van der Waals surface area contributed by atoms with Crippen LogP contribution < -0.4 is 5.56 Å². The second-order valence-electron chi connectivity index (χ2n) is 7.26. The van der Waals surface area contributed by atoms with Gasteiger partial charge in [-0.1, -0.05) is 25.5 Å². The summed E-state index contributed by atoms with van der Waals surface area (Å²) in [6.07, 6.45) is 2.14. The Hall–Kier alpha value is -1.95. The van der Waals surface area contributed by atoms with E-state index in [4.69, 9.17) is 4.74 Å². The van der Waals surface area contributed by atoms with E-state index < -0.39 is 0 Å². The number of thiazole rings is 1. The summed E-state index contributed by atoms with van der Waals surface area (Å²) in [7, 11) is 0. The van der Waals surface area contributed by atoms with E-state index >= 15 is 0 Å². The first-order chi connectivity index (χ1) is 11.2. The van der Waals surface area contributed by atoms with Crippen molar-refractivity contribution in [3.05, 3.63) is 44.8 Å². The smallest absolute Gasteiger partial charge is 0.310 e. The molecule has 0 spiro atoms. The van der Waals surface area contributed by atoms with Gasteiger partial charge in [0.05, 0.1) is 11.6 Å². The van der Waals surface area contributed by atoms with Crippen molar-refractivity contribution in [2.45, 2.75) is 41.2 Å². The maximum Gasteiger partial charge on any atom is 0.310 e. The molecule has 24 heavy (non-hydrogen) atoms. The Morgan fingerprint density at radius 1 is 1.46 bits per heavy atom. The van der Waals surface area contributed by atoms with Gasteiger partial charge in [-0.2, -0.15) is 0 Å². The molecule has 0 radical (unpaired) electrons. The molecule has 3 rings (SSSR count). The van der Waals surface area contributed by atoms with Gasteiger partial charge in [0.2, 0.25) is 0 Å². The highest BCUT2D eigenvalue weighted by Crippen LogP contribution is 2.59. The topological polar surface area (TPSA) is 60.7 Å². The second-order valence-corrected chi connectivity index (χ2v) is 8.09. The molecule has 2 atom stereocenters. The van der Waals surface area contributed by atoms with Gasteiger partial charge in [-0.05, 0) is 32.1 Å². The molecular formula is C18H22N2O3S. The molecule has 2 aromatic rings. The van der Waals surface area contributed by atoms with E-state index in [1.807, 2.05) is 26.2 Å². The number of hydrogen-bond donors (Lipinski definition) is 0. The van der Waals surface area contributed by atoms with Crippen LogP contribution >= 0.6 is 11.3 Å². The number of fused-ring (bicyclic) bond motifs is 1. The number of esters is 1. The quantitative estimate of drug-likeness (QED) is 0.629. The standard InChI is InChI=1S/C18H22N2O3S/c1-10(2)6-13-15(18(13,4)5)16(22)23-8-12-7-14(21)20-11(3)9-24-17(20)19-12/h6-7,9,13,15H,8H2,1-5H3/t13-,15+/m1/s1. The summed E-state index contributed by atoms with van der Waals surface area (Å²) >= 11 is 1.41. The van der Waals surface area contributed by atoms with Crippen LogP contribution in [-0.2, 0) is 16.1 Å². The Labute approximate surface area is 145 Å². The Kier molecular flexibility index (Phi) is 4.11. The minimum absolute atomic E-state index is 0.0373. The molecule has 2 aromatic heterocycles. The molecule has 1 fully saturated rings. The lowest BCUT2D eigenvalue weighted by molar-refractivity contribution is -0.147. The molecule has 5 nitrogen and oxygen atoms in total. The number of carbonyl (C=O) groups is 1. The third-order valence-corrected chi connectivity index (χ3v) is 5.61. The van der Waals surface area contributed by atoms with E-state index in [9.17, 15) is 9.59 Å². The summed E-state index contributed by atoms with van der Waals surface area (Å²) in [5.41, 5.74) is 2.35. The van der Waals surface area contributed by atoms with Crippen molar-refractivity contribution in [2.24, 2.45) is 17.3 Å². The van der Waals surface area contributed by atoms with E-state index in [-0.39, 0.29) is 35.4 Å². The number of aryl methyl sites for hydroxylation is 1. The molecule has 1 saturated carbocycles. The third-order valence-electron chi connectivity index (χ3n) is 4.67. The molecule has 0 aliphatic heterocycles. The van der Waals surface area contributed by atoms with Crippen LogP contribution in [0.4, 0.5) is 0 Å². The van der Waals surface area contributed by atoms with Crippen LogP contribution in [0.2, 0.25) is 0 Å². The van der Waals surface area contributed by atoms with Gasteiger partial charge in [-0.15, -0.1) is 11.3 Å². The highest BCUT2D eigenvalue weighted by Gasteiger charge is 2.61. The van der Waals surface area contributed by atoms with E-state index in [0.29, 0.717) is 10.7 Å². The molecule has 0 saturated heterocycles. The first-order valence-corrected chi connectivity index (χ1v) is 8.88. The van der Waals surface area contributed by atoms with Crippen molar-refractivity contribution < 1.29 is 9.53 Å². The first-order valence-electron chi connectivity index (χ1n) is 8.00. The van der Waals surface area contributed by atoms with Crippen LogP contribution in [-0.4, -0.2) is 15.4 Å². The normalized spacial score (nSPS) is 21.5. The van der Waals surface area contributed by atoms with Crippen LogP contribution in [0.3, 0.4) is 0 Å². The van der Waals surface area contributed by atoms with Crippen molar-refractivity contribution in [1.82, 2.24) is 9.38 Å². The molecule has 0 N–H and O–H groups in total. The van der Waals surface area contributed by atoms with Gasteiger partial charge in [0, 0.05) is 17.1 Å². The van der Waals surface area contributed by atoms with Gasteiger partial charge in [-0.25, -0.2) is 4.98 Å². The third kappa shape index (κ3) is 2.90. The molecule has 0 amide bonds. The van der Waals surface area contributed by atoms with Crippen LogP contribution in [0, 0.1) is 24.2 Å². The number of rotatable bonds is 4. The van der Waals surface area contributed by atoms with Crippen LogP contribution in [0.15, 0.2) is 27.9 Å². The fraction of sp³-hybridized carbons (Fsp3) is 0.500. The van der Waals surface area contributed by atoms with Gasteiger partial charge in [0.15, 0.2) is 4.96 Å². The van der Waals surface area contributed by atoms with Crippen molar-refractivity contribution in [1.29, 1.82) is 0 Å². The Balaban J connectivity index is 1.71. The maximum atomic E-state index is 12.4. The molecule has 2 heterocycles. The fourth-order valence-electron chi connectivity index (χ4n) is 3.21. The fourth-order valence-corrected chi connectivity index (χ4v) is 4.10. The van der Waals surface area contributed by atoms with Crippen LogP contribution in [0.25, 0.3) is 4.96 Å². The van der Waals surface area contributed by atoms with Gasteiger partial charge in [0.1, 0.15) is 6.61 Å². The van der Waals surface area contributed by atoms with Crippen molar-refractivity contribution in [3.8, 4) is 0 Å². The van der Waals surface area contributed by atoms with Crippen molar-refractivity contribution in [3.63, 3.8) is 0 Å². The summed E-state index contributed by atoms with van der Waals surface area (Å²) < 4.78 is 7.00. The first kappa shape index (κ1) is 16.9. The monoisotopic (exact) mass is 346 g/mol. The van der Waals surface area contributed by atoms with Gasteiger partial charge in [0.25, 0.3) is 5.56 Å². The highest BCUT2D eigenvalue weighted by atomic mass is 32.1. The van der Waals surface area contributed by atoms with E-state index in [1.165, 1.54) is 23.0 Å². The summed E-state index contributed by atoms with van der Waals surface area (Å²) in [4.78, 5) is 29.5. The molecule has 0 unspecified atom stereocenters. The summed E-state index contributed by atoms with van der Waals surface area (Å²) in [5, 5.41) is 1.89. The number of hydrogen-bond acceptors (Lipinski definition) is 5. The lowest BCUT2D eigenvalue weighted by atomic mass is 10.1. The number of allylic oxidation sites excluding steroid dienone is 2. The van der Waals surface area contributed by atoms with Gasteiger partial charge >= 0.3 is 5.97 Å². The average Bonchev–Trinajstić information content (AvgIpc) is 2.82. The number of carbonyl (C=O) groups excluding carboxylic acids is 1. The number of nitrogens with zero attached hydrogens (tertiary/aromatic N) is 2. The zero-order valence-electron chi connectivity index (χ0n) is 14.6. The molecule has 6 heteroatoms. The van der Waals surface area contributed by atoms with Gasteiger partial charge < -0.3 is 4.74 Å². The predicted molar refractivity (Wildman–Crippen MR) is 94.1 cm³/mol. The lowest BCUT2D eigenvalue weighted by Crippen LogP contribution is -2.17. The zero-order chi connectivity index (χ0) is 17.6. The SMILES string of the molecule is CC(C)=C[C@@H]1[C@@H](C(=O)OCc2cc(=O)n3c(C)csc3n2)C1(C)C. The summed E-state index contributed by atoms with van der Waals surface area (Å²) in [6, 6.07) is 1.44.